The summed E-state index contributed by atoms with van der Waals surface area (Å²) in [7, 11) is 0. The van der Waals surface area contributed by atoms with Crippen LogP contribution in [0.25, 0.3) is 11.5 Å². The molecule has 4 nitrogen and oxygen atoms in total. The number of aromatic nitrogens is 2. The van der Waals surface area contributed by atoms with Crippen molar-refractivity contribution in [3.63, 3.8) is 0 Å². The molecule has 106 valence electrons. The highest BCUT2D eigenvalue weighted by atomic mass is 19.1. The van der Waals surface area contributed by atoms with Crippen LogP contribution in [0.3, 0.4) is 0 Å². The molecule has 0 saturated carbocycles. The summed E-state index contributed by atoms with van der Waals surface area (Å²) in [6.07, 6.45) is 0.367. The molecule has 0 radical (unpaired) electrons. The van der Waals surface area contributed by atoms with Crippen LogP contribution >= 0.6 is 0 Å². The largest absolute Gasteiger partial charge is 0.507 e. The lowest BCUT2D eigenvalue weighted by Crippen LogP contribution is -1.91. The van der Waals surface area contributed by atoms with Gasteiger partial charge in [-0.1, -0.05) is 17.3 Å². The molecule has 0 aliphatic heterocycles. The Labute approximate surface area is 118 Å². The highest BCUT2D eigenvalue weighted by Crippen LogP contribution is 2.28. The highest BCUT2D eigenvalue weighted by molar-refractivity contribution is 5.61. The molecule has 0 aliphatic rings. The van der Waals surface area contributed by atoms with E-state index < -0.39 is 5.82 Å². The Morgan fingerprint density at radius 3 is 2.43 bits per heavy atom. The van der Waals surface area contributed by atoms with Gasteiger partial charge in [0.1, 0.15) is 17.4 Å². The van der Waals surface area contributed by atoms with Crippen molar-refractivity contribution < 1.29 is 18.4 Å². The number of aromatic hydroxyl groups is 1. The summed E-state index contributed by atoms with van der Waals surface area (Å²) in [6, 6.07) is 9.48. The van der Waals surface area contributed by atoms with E-state index in [4.69, 9.17) is 4.52 Å². The molecule has 0 spiro atoms. The van der Waals surface area contributed by atoms with E-state index in [2.05, 4.69) is 10.1 Å². The zero-order valence-electron chi connectivity index (χ0n) is 10.8. The van der Waals surface area contributed by atoms with E-state index in [9.17, 15) is 13.9 Å². The minimum atomic E-state index is -0.553. The van der Waals surface area contributed by atoms with Gasteiger partial charge in [0, 0.05) is 12.5 Å². The van der Waals surface area contributed by atoms with Crippen molar-refractivity contribution in [2.45, 2.75) is 6.42 Å². The van der Waals surface area contributed by atoms with E-state index in [1.54, 1.807) is 12.1 Å². The second kappa shape index (κ2) is 5.32. The Balaban J connectivity index is 1.84. The summed E-state index contributed by atoms with van der Waals surface area (Å²) in [5.74, 6) is -0.650. The number of halogens is 2. The number of nitrogens with zero attached hydrogens (tertiary/aromatic N) is 2. The fourth-order valence-electron chi connectivity index (χ4n) is 1.91. The Hall–Kier alpha value is -2.76. The first kappa shape index (κ1) is 13.2. The van der Waals surface area contributed by atoms with Gasteiger partial charge in [0.25, 0.3) is 5.89 Å². The maximum Gasteiger partial charge on any atom is 0.261 e. The van der Waals surface area contributed by atoms with E-state index in [0.717, 1.165) is 11.6 Å². The lowest BCUT2D eigenvalue weighted by molar-refractivity contribution is 0.418. The van der Waals surface area contributed by atoms with Gasteiger partial charge in [0.05, 0.1) is 5.56 Å². The molecule has 0 bridgehead atoms. The highest BCUT2D eigenvalue weighted by Gasteiger charge is 2.13. The molecule has 0 fully saturated rings. The van der Waals surface area contributed by atoms with Crippen LogP contribution in [-0.2, 0) is 6.42 Å². The number of phenols is 1. The van der Waals surface area contributed by atoms with Crippen LogP contribution in [-0.4, -0.2) is 15.2 Å². The fraction of sp³-hybridized carbons (Fsp3) is 0.0667. The number of hydrogen-bond acceptors (Lipinski definition) is 4. The maximum absolute atomic E-state index is 12.9. The molecule has 0 unspecified atom stereocenters. The van der Waals surface area contributed by atoms with Gasteiger partial charge in [-0.2, -0.15) is 4.98 Å². The molecule has 3 rings (SSSR count). The normalized spacial score (nSPS) is 10.8. The third-order valence-electron chi connectivity index (χ3n) is 2.93. The van der Waals surface area contributed by atoms with Crippen molar-refractivity contribution in [2.75, 3.05) is 0 Å². The molecule has 6 heteroatoms. The minimum Gasteiger partial charge on any atom is -0.507 e. The van der Waals surface area contributed by atoms with E-state index in [1.807, 2.05) is 0 Å². The molecule has 0 amide bonds. The summed E-state index contributed by atoms with van der Waals surface area (Å²) in [5.41, 5.74) is 1.08. The molecule has 1 N–H and O–H groups in total. The van der Waals surface area contributed by atoms with Gasteiger partial charge in [-0.15, -0.1) is 0 Å². The van der Waals surface area contributed by atoms with Crippen LogP contribution in [0, 0.1) is 11.6 Å². The molecule has 0 atom stereocenters. The van der Waals surface area contributed by atoms with Crippen molar-refractivity contribution >= 4 is 0 Å². The second-order valence-corrected chi connectivity index (χ2v) is 4.48. The number of benzene rings is 2. The van der Waals surface area contributed by atoms with Crippen LogP contribution < -0.4 is 0 Å². The zero-order valence-corrected chi connectivity index (χ0v) is 10.8. The average Bonchev–Trinajstić information content (AvgIpc) is 2.90. The predicted molar refractivity (Wildman–Crippen MR) is 70.6 cm³/mol. The molecule has 1 aromatic heterocycles. The smallest absolute Gasteiger partial charge is 0.261 e. The van der Waals surface area contributed by atoms with Gasteiger partial charge >= 0.3 is 0 Å². The monoisotopic (exact) mass is 288 g/mol. The van der Waals surface area contributed by atoms with Gasteiger partial charge in [0.2, 0.25) is 0 Å². The molecule has 21 heavy (non-hydrogen) atoms. The molecule has 0 saturated heterocycles. The third kappa shape index (κ3) is 2.89. The molecule has 3 aromatic rings. The SMILES string of the molecule is Oc1cc(F)ccc1-c1nc(Cc2ccc(F)cc2)no1. The number of rotatable bonds is 3. The first-order valence-electron chi connectivity index (χ1n) is 6.18. The Morgan fingerprint density at radius 2 is 1.71 bits per heavy atom. The molecule has 2 aromatic carbocycles. The topological polar surface area (TPSA) is 59.2 Å². The van der Waals surface area contributed by atoms with Crippen LogP contribution in [0.5, 0.6) is 5.75 Å². The average molecular weight is 288 g/mol. The standard InChI is InChI=1S/C15H10F2N2O2/c16-10-3-1-9(2-4-10)7-14-18-15(21-19-14)12-6-5-11(17)8-13(12)20/h1-6,8,20H,7H2. The van der Waals surface area contributed by atoms with E-state index >= 15 is 0 Å². The van der Waals surface area contributed by atoms with Gasteiger partial charge in [0.15, 0.2) is 5.82 Å². The first-order chi connectivity index (χ1) is 10.1. The summed E-state index contributed by atoms with van der Waals surface area (Å²) in [4.78, 5) is 4.13. The van der Waals surface area contributed by atoms with Gasteiger partial charge in [-0.25, -0.2) is 8.78 Å². The van der Waals surface area contributed by atoms with E-state index in [-0.39, 0.29) is 23.0 Å². The second-order valence-electron chi connectivity index (χ2n) is 4.48. The molecular weight excluding hydrogens is 278 g/mol. The quantitative estimate of drug-likeness (QED) is 0.803. The third-order valence-corrected chi connectivity index (χ3v) is 2.93. The number of hydrogen-bond donors (Lipinski definition) is 1. The van der Waals surface area contributed by atoms with E-state index in [1.165, 1.54) is 24.3 Å². The van der Waals surface area contributed by atoms with Crippen molar-refractivity contribution in [3.8, 4) is 17.2 Å². The summed E-state index contributed by atoms with van der Waals surface area (Å²) >= 11 is 0. The van der Waals surface area contributed by atoms with Gasteiger partial charge in [-0.3, -0.25) is 0 Å². The fourth-order valence-corrected chi connectivity index (χ4v) is 1.91. The van der Waals surface area contributed by atoms with Crippen LogP contribution in [0.4, 0.5) is 8.78 Å². The lowest BCUT2D eigenvalue weighted by atomic mass is 10.1. The summed E-state index contributed by atoms with van der Waals surface area (Å²) < 4.78 is 30.8. The van der Waals surface area contributed by atoms with Crippen LogP contribution in [0.2, 0.25) is 0 Å². The summed E-state index contributed by atoms with van der Waals surface area (Å²) in [6.45, 7) is 0. The first-order valence-corrected chi connectivity index (χ1v) is 6.18. The van der Waals surface area contributed by atoms with E-state index in [0.29, 0.717) is 12.2 Å². The summed E-state index contributed by atoms with van der Waals surface area (Å²) in [5, 5.41) is 13.5. The number of phenolic OH excluding ortho intramolecular Hbond substituents is 1. The molecule has 0 aliphatic carbocycles. The van der Waals surface area contributed by atoms with Gasteiger partial charge < -0.3 is 9.63 Å². The lowest BCUT2D eigenvalue weighted by Gasteiger charge is -1.98. The Morgan fingerprint density at radius 1 is 1.00 bits per heavy atom. The Kier molecular flexibility index (Phi) is 3.35. The molecule has 1 heterocycles. The minimum absolute atomic E-state index is 0.101. The van der Waals surface area contributed by atoms with Crippen molar-refractivity contribution in [2.24, 2.45) is 0 Å². The van der Waals surface area contributed by atoms with Gasteiger partial charge in [-0.05, 0) is 29.8 Å². The zero-order chi connectivity index (χ0) is 14.8. The van der Waals surface area contributed by atoms with Crippen molar-refractivity contribution in [1.82, 2.24) is 10.1 Å². The van der Waals surface area contributed by atoms with Crippen molar-refractivity contribution in [1.29, 1.82) is 0 Å². The van der Waals surface area contributed by atoms with Crippen LogP contribution in [0.15, 0.2) is 47.0 Å². The van der Waals surface area contributed by atoms with Crippen LogP contribution in [0.1, 0.15) is 11.4 Å². The predicted octanol–water partition coefficient (Wildman–Crippen LogP) is 3.31. The Bertz CT molecular complexity index is 770. The maximum atomic E-state index is 12.9. The van der Waals surface area contributed by atoms with Crippen molar-refractivity contribution in [3.05, 3.63) is 65.5 Å². The molecular formula is C15H10F2N2O2.